The van der Waals surface area contributed by atoms with Crippen molar-refractivity contribution in [3.05, 3.63) is 69.2 Å². The normalized spacial score (nSPS) is 13.3. The second-order valence-corrected chi connectivity index (χ2v) is 5.19. The molecule has 2 aromatic rings. The first-order valence-corrected chi connectivity index (χ1v) is 6.48. The van der Waals surface area contributed by atoms with Crippen molar-refractivity contribution in [2.24, 2.45) is 0 Å². The van der Waals surface area contributed by atoms with Crippen LogP contribution in [-0.2, 0) is 6.18 Å². The molecule has 0 aliphatic heterocycles. The molecule has 0 amide bonds. The monoisotopic (exact) mass is 366 g/mol. The molecule has 2 rings (SSSR count). The van der Waals surface area contributed by atoms with Crippen LogP contribution in [0.2, 0.25) is 0 Å². The Bertz CT molecular complexity index is 649. The molecule has 0 aromatic heterocycles. The summed E-state index contributed by atoms with van der Waals surface area (Å²) in [6.45, 7) is 0. The van der Waals surface area contributed by atoms with Gasteiger partial charge in [-0.1, -0.05) is 15.9 Å². The standard InChI is InChI=1S/C14H8BrF5O/c15-12-2-1-8(14(18,19)20)5-11(12)13(21)7-3-9(16)6-10(17)4-7/h1-6,13,21H. The van der Waals surface area contributed by atoms with E-state index in [0.717, 1.165) is 30.3 Å². The highest BCUT2D eigenvalue weighted by Gasteiger charge is 2.31. The number of aliphatic hydroxyl groups is 1. The Morgan fingerprint density at radius 2 is 1.52 bits per heavy atom. The Labute approximate surface area is 125 Å². The summed E-state index contributed by atoms with van der Waals surface area (Å²) in [5.41, 5.74) is -1.26. The lowest BCUT2D eigenvalue weighted by molar-refractivity contribution is -0.137. The molecule has 0 spiro atoms. The second kappa shape index (κ2) is 5.73. The highest BCUT2D eigenvalue weighted by atomic mass is 79.9. The molecule has 0 bridgehead atoms. The maximum atomic E-state index is 13.1. The van der Waals surface area contributed by atoms with E-state index >= 15 is 0 Å². The van der Waals surface area contributed by atoms with Gasteiger partial charge in [0, 0.05) is 10.5 Å². The van der Waals surface area contributed by atoms with Crippen molar-refractivity contribution in [3.63, 3.8) is 0 Å². The fourth-order valence-electron chi connectivity index (χ4n) is 1.84. The fourth-order valence-corrected chi connectivity index (χ4v) is 2.31. The topological polar surface area (TPSA) is 20.2 Å². The van der Waals surface area contributed by atoms with Crippen LogP contribution in [0.3, 0.4) is 0 Å². The molecule has 21 heavy (non-hydrogen) atoms. The molecule has 0 aliphatic carbocycles. The smallest absolute Gasteiger partial charge is 0.384 e. The van der Waals surface area contributed by atoms with Crippen molar-refractivity contribution < 1.29 is 27.1 Å². The molecular weight excluding hydrogens is 359 g/mol. The van der Waals surface area contributed by atoms with Gasteiger partial charge in [-0.15, -0.1) is 0 Å². The van der Waals surface area contributed by atoms with Crippen LogP contribution in [0.5, 0.6) is 0 Å². The van der Waals surface area contributed by atoms with Crippen LogP contribution in [-0.4, -0.2) is 5.11 Å². The zero-order valence-corrected chi connectivity index (χ0v) is 11.8. The third-order valence-corrected chi connectivity index (χ3v) is 3.54. The van der Waals surface area contributed by atoms with Crippen LogP contribution in [0.25, 0.3) is 0 Å². The lowest BCUT2D eigenvalue weighted by Gasteiger charge is -2.16. The zero-order valence-electron chi connectivity index (χ0n) is 10.3. The van der Waals surface area contributed by atoms with Gasteiger partial charge in [0.2, 0.25) is 0 Å². The molecule has 1 unspecified atom stereocenters. The lowest BCUT2D eigenvalue weighted by Crippen LogP contribution is -2.08. The highest BCUT2D eigenvalue weighted by molar-refractivity contribution is 9.10. The van der Waals surface area contributed by atoms with Crippen molar-refractivity contribution >= 4 is 15.9 Å². The van der Waals surface area contributed by atoms with Crippen LogP contribution >= 0.6 is 15.9 Å². The Balaban J connectivity index is 2.49. The van der Waals surface area contributed by atoms with Gasteiger partial charge in [0.1, 0.15) is 17.7 Å². The number of hydrogen-bond acceptors (Lipinski definition) is 1. The van der Waals surface area contributed by atoms with Crippen molar-refractivity contribution in [1.29, 1.82) is 0 Å². The summed E-state index contributed by atoms with van der Waals surface area (Å²) in [6.07, 6.45) is -6.17. The highest BCUT2D eigenvalue weighted by Crippen LogP contribution is 2.35. The minimum Gasteiger partial charge on any atom is -0.384 e. The molecule has 1 N–H and O–H groups in total. The second-order valence-electron chi connectivity index (χ2n) is 4.34. The van der Waals surface area contributed by atoms with E-state index in [9.17, 15) is 27.1 Å². The van der Waals surface area contributed by atoms with Gasteiger partial charge in [-0.3, -0.25) is 0 Å². The molecule has 0 saturated heterocycles. The first-order chi connectivity index (χ1) is 9.68. The Morgan fingerprint density at radius 1 is 0.952 bits per heavy atom. The van der Waals surface area contributed by atoms with Gasteiger partial charge >= 0.3 is 6.18 Å². The quantitative estimate of drug-likeness (QED) is 0.755. The van der Waals surface area contributed by atoms with Crippen LogP contribution in [0.1, 0.15) is 22.8 Å². The molecular formula is C14H8BrF5O. The Kier molecular flexibility index (Phi) is 4.34. The maximum Gasteiger partial charge on any atom is 0.416 e. The van der Waals surface area contributed by atoms with E-state index in [1.165, 1.54) is 0 Å². The van der Waals surface area contributed by atoms with Crippen LogP contribution < -0.4 is 0 Å². The Morgan fingerprint density at radius 3 is 2.05 bits per heavy atom. The van der Waals surface area contributed by atoms with Crippen LogP contribution in [0.15, 0.2) is 40.9 Å². The van der Waals surface area contributed by atoms with Crippen molar-refractivity contribution in [1.82, 2.24) is 0 Å². The zero-order chi connectivity index (χ0) is 15.8. The van der Waals surface area contributed by atoms with Crippen molar-refractivity contribution in [3.8, 4) is 0 Å². The van der Waals surface area contributed by atoms with Gasteiger partial charge in [-0.25, -0.2) is 8.78 Å². The number of hydrogen-bond donors (Lipinski definition) is 1. The first-order valence-electron chi connectivity index (χ1n) is 5.69. The Hall–Kier alpha value is -1.47. The van der Waals surface area contributed by atoms with E-state index in [0.29, 0.717) is 6.07 Å². The molecule has 112 valence electrons. The third-order valence-electron chi connectivity index (χ3n) is 2.82. The summed E-state index contributed by atoms with van der Waals surface area (Å²) >= 11 is 3.02. The SMILES string of the molecule is OC(c1cc(F)cc(F)c1)c1cc(C(F)(F)F)ccc1Br. The van der Waals surface area contributed by atoms with E-state index in [4.69, 9.17) is 0 Å². The first kappa shape index (κ1) is 15.9. The fraction of sp³-hybridized carbons (Fsp3) is 0.143. The molecule has 0 radical (unpaired) electrons. The number of halogens is 6. The average Bonchev–Trinajstić information content (AvgIpc) is 2.36. The lowest BCUT2D eigenvalue weighted by atomic mass is 9.99. The predicted octanol–water partition coefficient (Wildman–Crippen LogP) is 4.83. The molecule has 1 nitrogen and oxygen atoms in total. The molecule has 1 atom stereocenters. The maximum absolute atomic E-state index is 13.1. The van der Waals surface area contributed by atoms with E-state index in [-0.39, 0.29) is 15.6 Å². The molecule has 0 fully saturated rings. The summed E-state index contributed by atoms with van der Waals surface area (Å²) in [6, 6.07) is 5.03. The number of rotatable bonds is 2. The predicted molar refractivity (Wildman–Crippen MR) is 69.6 cm³/mol. The van der Waals surface area contributed by atoms with Gasteiger partial charge in [-0.2, -0.15) is 13.2 Å². The summed E-state index contributed by atoms with van der Waals surface area (Å²) in [5, 5.41) is 10.1. The van der Waals surface area contributed by atoms with E-state index in [2.05, 4.69) is 15.9 Å². The number of benzene rings is 2. The van der Waals surface area contributed by atoms with Crippen molar-refractivity contribution in [2.75, 3.05) is 0 Å². The molecule has 0 aliphatic rings. The third kappa shape index (κ3) is 3.59. The summed E-state index contributed by atoms with van der Waals surface area (Å²) < 4.78 is 64.5. The molecule has 0 heterocycles. The molecule has 0 saturated carbocycles. The van der Waals surface area contributed by atoms with E-state index in [1.54, 1.807) is 0 Å². The van der Waals surface area contributed by atoms with Crippen molar-refractivity contribution in [2.45, 2.75) is 12.3 Å². The van der Waals surface area contributed by atoms with E-state index in [1.807, 2.05) is 0 Å². The summed E-state index contributed by atoms with van der Waals surface area (Å²) in [5.74, 6) is -1.85. The summed E-state index contributed by atoms with van der Waals surface area (Å²) in [4.78, 5) is 0. The van der Waals surface area contributed by atoms with E-state index < -0.39 is 29.5 Å². The number of aliphatic hydroxyl groups excluding tert-OH is 1. The minimum atomic E-state index is -4.58. The van der Waals surface area contributed by atoms with Gasteiger partial charge < -0.3 is 5.11 Å². The van der Waals surface area contributed by atoms with Crippen LogP contribution in [0, 0.1) is 11.6 Å². The number of alkyl halides is 3. The van der Waals surface area contributed by atoms with Gasteiger partial charge in [0.15, 0.2) is 0 Å². The van der Waals surface area contributed by atoms with Gasteiger partial charge in [-0.05, 0) is 41.5 Å². The van der Waals surface area contributed by atoms with Gasteiger partial charge in [0.05, 0.1) is 5.56 Å². The minimum absolute atomic E-state index is 0.130. The van der Waals surface area contributed by atoms with Gasteiger partial charge in [0.25, 0.3) is 0 Å². The van der Waals surface area contributed by atoms with Crippen LogP contribution in [0.4, 0.5) is 22.0 Å². The molecule has 2 aromatic carbocycles. The largest absolute Gasteiger partial charge is 0.416 e. The summed E-state index contributed by atoms with van der Waals surface area (Å²) in [7, 11) is 0. The average molecular weight is 367 g/mol. The molecule has 7 heteroatoms.